The SMILES string of the molecule is CCc1ccc(C(C)C(CN)CN)cc1. The minimum atomic E-state index is 0.387. The van der Waals surface area contributed by atoms with Gasteiger partial charge in [0.15, 0.2) is 0 Å². The van der Waals surface area contributed by atoms with Crippen LogP contribution in [0.25, 0.3) is 0 Å². The van der Waals surface area contributed by atoms with E-state index in [1.54, 1.807) is 0 Å². The average Bonchev–Trinajstić information content (AvgIpc) is 2.30. The predicted octanol–water partition coefficient (Wildman–Crippen LogP) is 1.89. The summed E-state index contributed by atoms with van der Waals surface area (Å²) < 4.78 is 0. The zero-order valence-electron chi connectivity index (χ0n) is 9.74. The highest BCUT2D eigenvalue weighted by Crippen LogP contribution is 2.23. The molecule has 4 N–H and O–H groups in total. The molecule has 0 spiro atoms. The van der Waals surface area contributed by atoms with Gasteiger partial charge >= 0.3 is 0 Å². The highest BCUT2D eigenvalue weighted by molar-refractivity contribution is 5.25. The summed E-state index contributed by atoms with van der Waals surface area (Å²) in [4.78, 5) is 0. The highest BCUT2D eigenvalue weighted by atomic mass is 14.6. The van der Waals surface area contributed by atoms with Crippen molar-refractivity contribution in [3.8, 4) is 0 Å². The minimum absolute atomic E-state index is 0.387. The summed E-state index contributed by atoms with van der Waals surface area (Å²) in [6.45, 7) is 5.69. The maximum Gasteiger partial charge on any atom is -0.00310 e. The number of aryl methyl sites for hydroxylation is 1. The van der Waals surface area contributed by atoms with Crippen LogP contribution in [-0.2, 0) is 6.42 Å². The van der Waals surface area contributed by atoms with Crippen LogP contribution in [0, 0.1) is 5.92 Å². The molecule has 0 aliphatic carbocycles. The van der Waals surface area contributed by atoms with E-state index in [2.05, 4.69) is 38.1 Å². The van der Waals surface area contributed by atoms with E-state index >= 15 is 0 Å². The Bertz CT molecular complexity index is 275. The van der Waals surface area contributed by atoms with Gasteiger partial charge in [-0.1, -0.05) is 38.1 Å². The lowest BCUT2D eigenvalue weighted by atomic mass is 9.87. The van der Waals surface area contributed by atoms with Crippen molar-refractivity contribution in [3.05, 3.63) is 35.4 Å². The van der Waals surface area contributed by atoms with E-state index in [0.29, 0.717) is 24.9 Å². The molecule has 0 aromatic heterocycles. The zero-order chi connectivity index (χ0) is 11.3. The van der Waals surface area contributed by atoms with E-state index in [1.807, 2.05) is 0 Å². The lowest BCUT2D eigenvalue weighted by molar-refractivity contribution is 0.466. The third-order valence-electron chi connectivity index (χ3n) is 3.23. The Morgan fingerprint density at radius 3 is 2.00 bits per heavy atom. The van der Waals surface area contributed by atoms with Crippen LogP contribution < -0.4 is 11.5 Å². The van der Waals surface area contributed by atoms with Crippen molar-refractivity contribution >= 4 is 0 Å². The molecule has 1 aromatic carbocycles. The molecule has 0 heterocycles. The van der Waals surface area contributed by atoms with Crippen LogP contribution in [0.1, 0.15) is 30.9 Å². The van der Waals surface area contributed by atoms with Crippen LogP contribution in [0.2, 0.25) is 0 Å². The number of benzene rings is 1. The van der Waals surface area contributed by atoms with E-state index in [1.165, 1.54) is 11.1 Å². The second kappa shape index (κ2) is 5.89. The molecule has 15 heavy (non-hydrogen) atoms. The van der Waals surface area contributed by atoms with Gasteiger partial charge in [-0.05, 0) is 42.5 Å². The molecular formula is C13H22N2. The lowest BCUT2D eigenvalue weighted by Crippen LogP contribution is -2.27. The van der Waals surface area contributed by atoms with Gasteiger partial charge in [0.25, 0.3) is 0 Å². The summed E-state index contributed by atoms with van der Waals surface area (Å²) in [5, 5.41) is 0. The molecule has 0 aliphatic heterocycles. The van der Waals surface area contributed by atoms with E-state index in [9.17, 15) is 0 Å². The predicted molar refractivity (Wildman–Crippen MR) is 65.8 cm³/mol. The third kappa shape index (κ3) is 3.05. The van der Waals surface area contributed by atoms with Gasteiger partial charge in [-0.3, -0.25) is 0 Å². The smallest absolute Gasteiger partial charge is 0.00310 e. The normalized spacial score (nSPS) is 13.1. The fourth-order valence-electron chi connectivity index (χ4n) is 1.83. The second-order valence-electron chi connectivity index (χ2n) is 4.12. The fraction of sp³-hybridized carbons (Fsp3) is 0.538. The van der Waals surface area contributed by atoms with Crippen molar-refractivity contribution < 1.29 is 0 Å². The topological polar surface area (TPSA) is 52.0 Å². The van der Waals surface area contributed by atoms with E-state index in [0.717, 1.165) is 6.42 Å². The summed E-state index contributed by atoms with van der Waals surface area (Å²) in [5.74, 6) is 0.836. The van der Waals surface area contributed by atoms with Crippen LogP contribution in [0.15, 0.2) is 24.3 Å². The van der Waals surface area contributed by atoms with E-state index in [4.69, 9.17) is 11.5 Å². The molecule has 1 rings (SSSR count). The van der Waals surface area contributed by atoms with Crippen LogP contribution in [0.3, 0.4) is 0 Å². The van der Waals surface area contributed by atoms with Crippen LogP contribution in [0.4, 0.5) is 0 Å². The average molecular weight is 206 g/mol. The van der Waals surface area contributed by atoms with Crippen molar-refractivity contribution in [1.82, 2.24) is 0 Å². The Morgan fingerprint density at radius 2 is 1.60 bits per heavy atom. The first-order valence-electron chi connectivity index (χ1n) is 5.71. The lowest BCUT2D eigenvalue weighted by Gasteiger charge is -2.21. The molecule has 1 atom stereocenters. The molecule has 0 aliphatic rings. The van der Waals surface area contributed by atoms with Crippen LogP contribution >= 0.6 is 0 Å². The van der Waals surface area contributed by atoms with Gasteiger partial charge in [0.2, 0.25) is 0 Å². The largest absolute Gasteiger partial charge is 0.330 e. The maximum atomic E-state index is 5.70. The van der Waals surface area contributed by atoms with Crippen molar-refractivity contribution in [2.24, 2.45) is 17.4 Å². The quantitative estimate of drug-likeness (QED) is 0.773. The Kier molecular flexibility index (Phi) is 4.79. The number of hydrogen-bond acceptors (Lipinski definition) is 2. The Morgan fingerprint density at radius 1 is 1.07 bits per heavy atom. The first-order valence-corrected chi connectivity index (χ1v) is 5.71. The minimum Gasteiger partial charge on any atom is -0.330 e. The molecule has 1 unspecified atom stereocenters. The summed E-state index contributed by atoms with van der Waals surface area (Å²) in [6.07, 6.45) is 1.09. The van der Waals surface area contributed by atoms with Crippen LogP contribution in [0.5, 0.6) is 0 Å². The standard InChI is InChI=1S/C13H22N2/c1-3-11-4-6-12(7-5-11)10(2)13(8-14)9-15/h4-7,10,13H,3,8-9,14-15H2,1-2H3. The molecule has 0 radical (unpaired) electrons. The van der Waals surface area contributed by atoms with Crippen molar-refractivity contribution in [1.29, 1.82) is 0 Å². The van der Waals surface area contributed by atoms with Gasteiger partial charge in [-0.15, -0.1) is 0 Å². The number of nitrogens with two attached hydrogens (primary N) is 2. The summed E-state index contributed by atoms with van der Waals surface area (Å²) in [7, 11) is 0. The van der Waals surface area contributed by atoms with Gasteiger partial charge in [0, 0.05) is 0 Å². The van der Waals surface area contributed by atoms with Gasteiger partial charge < -0.3 is 11.5 Å². The Hall–Kier alpha value is -0.860. The van der Waals surface area contributed by atoms with E-state index in [-0.39, 0.29) is 0 Å². The molecular weight excluding hydrogens is 184 g/mol. The van der Waals surface area contributed by atoms with Crippen molar-refractivity contribution in [2.75, 3.05) is 13.1 Å². The Balaban J connectivity index is 2.76. The molecule has 0 saturated heterocycles. The Labute approximate surface area is 92.7 Å². The van der Waals surface area contributed by atoms with Crippen LogP contribution in [-0.4, -0.2) is 13.1 Å². The molecule has 0 bridgehead atoms. The number of rotatable bonds is 5. The monoisotopic (exact) mass is 206 g/mol. The van der Waals surface area contributed by atoms with E-state index < -0.39 is 0 Å². The second-order valence-corrected chi connectivity index (χ2v) is 4.12. The van der Waals surface area contributed by atoms with Crippen molar-refractivity contribution in [3.63, 3.8) is 0 Å². The number of hydrogen-bond donors (Lipinski definition) is 2. The van der Waals surface area contributed by atoms with Gasteiger partial charge in [-0.2, -0.15) is 0 Å². The molecule has 0 amide bonds. The summed E-state index contributed by atoms with van der Waals surface area (Å²) >= 11 is 0. The highest BCUT2D eigenvalue weighted by Gasteiger charge is 2.15. The van der Waals surface area contributed by atoms with Gasteiger partial charge in [0.1, 0.15) is 0 Å². The molecule has 0 fully saturated rings. The third-order valence-corrected chi connectivity index (χ3v) is 3.23. The molecule has 84 valence electrons. The summed E-state index contributed by atoms with van der Waals surface area (Å²) in [5.41, 5.74) is 14.1. The maximum absolute atomic E-state index is 5.70. The first-order chi connectivity index (χ1) is 7.22. The summed E-state index contributed by atoms with van der Waals surface area (Å²) in [6, 6.07) is 8.77. The molecule has 0 saturated carbocycles. The first kappa shape index (κ1) is 12.2. The zero-order valence-corrected chi connectivity index (χ0v) is 9.74. The molecule has 1 aromatic rings. The van der Waals surface area contributed by atoms with Crippen molar-refractivity contribution in [2.45, 2.75) is 26.2 Å². The molecule has 2 heteroatoms. The molecule has 2 nitrogen and oxygen atoms in total. The fourth-order valence-corrected chi connectivity index (χ4v) is 1.83. The van der Waals surface area contributed by atoms with Gasteiger partial charge in [-0.25, -0.2) is 0 Å². The van der Waals surface area contributed by atoms with Gasteiger partial charge in [0.05, 0.1) is 0 Å².